The van der Waals surface area contributed by atoms with Crippen LogP contribution in [0.25, 0.3) is 0 Å². The van der Waals surface area contributed by atoms with E-state index in [1.165, 1.54) is 11.6 Å². The molecule has 2 N–H and O–H groups in total. The Labute approximate surface area is 155 Å². The van der Waals surface area contributed by atoms with Gasteiger partial charge in [-0.3, -0.25) is 0 Å². The molecule has 0 spiro atoms. The van der Waals surface area contributed by atoms with Crippen LogP contribution in [0.5, 0.6) is 5.75 Å². The van der Waals surface area contributed by atoms with Gasteiger partial charge in [0.2, 0.25) is 0 Å². The molecule has 0 unspecified atom stereocenters. The summed E-state index contributed by atoms with van der Waals surface area (Å²) in [5.74, 6) is 0.546. The Hall–Kier alpha value is -1.66. The Morgan fingerprint density at radius 2 is 1.96 bits per heavy atom. The summed E-state index contributed by atoms with van der Waals surface area (Å²) < 4.78 is 19.8. The van der Waals surface area contributed by atoms with Gasteiger partial charge in [-0.2, -0.15) is 0 Å². The molecule has 6 heteroatoms. The van der Waals surface area contributed by atoms with Gasteiger partial charge >= 0.3 is 0 Å². The number of hydrogen-bond acceptors (Lipinski definition) is 2. The van der Waals surface area contributed by atoms with Gasteiger partial charge < -0.3 is 15.4 Å². The first kappa shape index (κ1) is 18.7. The number of rotatable bonds is 7. The lowest BCUT2D eigenvalue weighted by Gasteiger charge is -2.11. The van der Waals surface area contributed by atoms with E-state index < -0.39 is 0 Å². The molecule has 0 aliphatic heterocycles. The summed E-state index contributed by atoms with van der Waals surface area (Å²) in [5, 5.41) is 6.38. The number of benzene rings is 2. The summed E-state index contributed by atoms with van der Waals surface area (Å²) in [7, 11) is 0. The molecule has 2 aromatic rings. The van der Waals surface area contributed by atoms with Gasteiger partial charge in [0, 0.05) is 11.0 Å². The van der Waals surface area contributed by atoms with Crippen molar-refractivity contribution in [3.05, 3.63) is 58.3 Å². The number of nitrogens with one attached hydrogen (secondary N) is 2. The van der Waals surface area contributed by atoms with E-state index in [2.05, 4.69) is 38.7 Å². The third-order valence-corrected chi connectivity index (χ3v) is 4.08. The summed E-state index contributed by atoms with van der Waals surface area (Å²) in [6, 6.07) is 12.9. The van der Waals surface area contributed by atoms with Crippen molar-refractivity contribution in [1.29, 1.82) is 0 Å². The summed E-state index contributed by atoms with van der Waals surface area (Å²) >= 11 is 8.41. The minimum atomic E-state index is -0.345. The summed E-state index contributed by atoms with van der Waals surface area (Å²) in [6.07, 6.45) is 1.87. The van der Waals surface area contributed by atoms with Crippen molar-refractivity contribution < 1.29 is 9.13 Å². The van der Waals surface area contributed by atoms with Crippen LogP contribution < -0.4 is 15.4 Å². The first-order chi connectivity index (χ1) is 11.6. The molecule has 0 radical (unpaired) electrons. The number of halogens is 2. The van der Waals surface area contributed by atoms with Gasteiger partial charge in [0.1, 0.15) is 11.6 Å². The van der Waals surface area contributed by atoms with Gasteiger partial charge in [0.05, 0.1) is 12.3 Å². The van der Waals surface area contributed by atoms with Crippen LogP contribution in [0.2, 0.25) is 0 Å². The molecule has 128 valence electrons. The molecule has 0 saturated carbocycles. The van der Waals surface area contributed by atoms with Crippen LogP contribution in [-0.2, 0) is 6.42 Å². The van der Waals surface area contributed by atoms with Gasteiger partial charge in [0.25, 0.3) is 0 Å². The molecular formula is C18H20BrFN2OS. The SMILES string of the molecule is CCOc1ccc(CCCNC(=S)Nc2ccc(Br)cc2F)cc1. The maximum Gasteiger partial charge on any atom is 0.170 e. The Balaban J connectivity index is 1.70. The van der Waals surface area contributed by atoms with Crippen molar-refractivity contribution in [3.63, 3.8) is 0 Å². The maximum absolute atomic E-state index is 13.7. The van der Waals surface area contributed by atoms with E-state index in [1.54, 1.807) is 12.1 Å². The molecule has 0 aliphatic carbocycles. The highest BCUT2D eigenvalue weighted by atomic mass is 79.9. The number of hydrogen-bond donors (Lipinski definition) is 2. The third kappa shape index (κ3) is 6.09. The second kappa shape index (κ2) is 9.59. The molecule has 0 atom stereocenters. The normalized spacial score (nSPS) is 10.3. The lowest BCUT2D eigenvalue weighted by atomic mass is 10.1. The lowest BCUT2D eigenvalue weighted by molar-refractivity contribution is 0.340. The topological polar surface area (TPSA) is 33.3 Å². The average molecular weight is 411 g/mol. The molecule has 3 nitrogen and oxygen atoms in total. The molecule has 2 rings (SSSR count). The van der Waals surface area contributed by atoms with Gasteiger partial charge in [-0.25, -0.2) is 4.39 Å². The van der Waals surface area contributed by atoms with E-state index in [-0.39, 0.29) is 5.82 Å². The number of aryl methyl sites for hydroxylation is 1. The Morgan fingerprint density at radius 1 is 1.21 bits per heavy atom. The van der Waals surface area contributed by atoms with Gasteiger partial charge in [0.15, 0.2) is 5.11 Å². The quantitative estimate of drug-likeness (QED) is 0.501. The second-order valence-corrected chi connectivity index (χ2v) is 6.51. The highest BCUT2D eigenvalue weighted by Gasteiger charge is 2.04. The zero-order valence-electron chi connectivity index (χ0n) is 13.4. The van der Waals surface area contributed by atoms with Crippen LogP contribution in [-0.4, -0.2) is 18.3 Å². The van der Waals surface area contributed by atoms with Crippen LogP contribution in [0.1, 0.15) is 18.9 Å². The molecule has 0 amide bonds. The molecular weight excluding hydrogens is 391 g/mol. The van der Waals surface area contributed by atoms with Gasteiger partial charge in [-0.05, 0) is 67.9 Å². The van der Waals surface area contributed by atoms with Crippen molar-refractivity contribution in [1.82, 2.24) is 5.32 Å². The molecule has 24 heavy (non-hydrogen) atoms. The van der Waals surface area contributed by atoms with E-state index in [0.717, 1.165) is 25.1 Å². The third-order valence-electron chi connectivity index (χ3n) is 3.34. The molecule has 0 aromatic heterocycles. The molecule has 2 aromatic carbocycles. The number of thiocarbonyl (C=S) groups is 1. The highest BCUT2D eigenvalue weighted by molar-refractivity contribution is 9.10. The van der Waals surface area contributed by atoms with E-state index in [9.17, 15) is 4.39 Å². The van der Waals surface area contributed by atoms with Gasteiger partial charge in [-0.1, -0.05) is 28.1 Å². The zero-order valence-corrected chi connectivity index (χ0v) is 15.8. The van der Waals surface area contributed by atoms with Crippen molar-refractivity contribution in [2.24, 2.45) is 0 Å². The molecule has 0 fully saturated rings. The summed E-state index contributed by atoms with van der Waals surface area (Å²) in [5.41, 5.74) is 1.61. The largest absolute Gasteiger partial charge is 0.494 e. The van der Waals surface area contributed by atoms with Crippen LogP contribution >= 0.6 is 28.1 Å². The minimum Gasteiger partial charge on any atom is -0.494 e. The molecule has 0 saturated heterocycles. The van der Waals surface area contributed by atoms with Gasteiger partial charge in [-0.15, -0.1) is 0 Å². The highest BCUT2D eigenvalue weighted by Crippen LogP contribution is 2.19. The van der Waals surface area contributed by atoms with Crippen molar-refractivity contribution in [2.45, 2.75) is 19.8 Å². The smallest absolute Gasteiger partial charge is 0.170 e. The lowest BCUT2D eigenvalue weighted by Crippen LogP contribution is -2.29. The summed E-state index contributed by atoms with van der Waals surface area (Å²) in [4.78, 5) is 0. The maximum atomic E-state index is 13.7. The Bertz CT molecular complexity index is 679. The van der Waals surface area contributed by atoms with Crippen molar-refractivity contribution in [3.8, 4) is 5.75 Å². The molecule has 0 heterocycles. The zero-order chi connectivity index (χ0) is 17.4. The fourth-order valence-electron chi connectivity index (χ4n) is 2.17. The standard InChI is InChI=1S/C18H20BrFN2OS/c1-2-23-15-8-5-13(6-9-15)4-3-11-21-18(24)22-17-10-7-14(19)12-16(17)20/h5-10,12H,2-4,11H2,1H3,(H2,21,22,24). The predicted molar refractivity (Wildman–Crippen MR) is 104 cm³/mol. The monoisotopic (exact) mass is 410 g/mol. The Morgan fingerprint density at radius 3 is 2.62 bits per heavy atom. The van der Waals surface area contributed by atoms with Crippen LogP contribution in [0.15, 0.2) is 46.9 Å². The number of anilines is 1. The van der Waals surface area contributed by atoms with Crippen molar-refractivity contribution >= 4 is 38.9 Å². The Kier molecular flexibility index (Phi) is 7.46. The van der Waals surface area contributed by atoms with Crippen LogP contribution in [0.3, 0.4) is 0 Å². The predicted octanol–water partition coefficient (Wildman–Crippen LogP) is 4.91. The number of ether oxygens (including phenoxy) is 1. The fraction of sp³-hybridized carbons (Fsp3) is 0.278. The first-order valence-electron chi connectivity index (χ1n) is 7.80. The molecule has 0 bridgehead atoms. The van der Waals surface area contributed by atoms with E-state index in [1.807, 2.05) is 19.1 Å². The fourth-order valence-corrected chi connectivity index (χ4v) is 2.72. The summed E-state index contributed by atoms with van der Waals surface area (Å²) in [6.45, 7) is 3.36. The van der Waals surface area contributed by atoms with Crippen LogP contribution in [0.4, 0.5) is 10.1 Å². The minimum absolute atomic E-state index is 0.345. The van der Waals surface area contributed by atoms with Crippen molar-refractivity contribution in [2.75, 3.05) is 18.5 Å². The van der Waals surface area contributed by atoms with E-state index >= 15 is 0 Å². The first-order valence-corrected chi connectivity index (χ1v) is 9.00. The van der Waals surface area contributed by atoms with Crippen LogP contribution in [0, 0.1) is 5.82 Å². The molecule has 0 aliphatic rings. The van der Waals surface area contributed by atoms with E-state index in [4.69, 9.17) is 17.0 Å². The average Bonchev–Trinajstić information content (AvgIpc) is 2.56. The van der Waals surface area contributed by atoms with E-state index in [0.29, 0.717) is 21.9 Å². The second-order valence-electron chi connectivity index (χ2n) is 5.19.